The Morgan fingerprint density at radius 1 is 0.929 bits per heavy atom. The molecule has 42 heavy (non-hydrogen) atoms. The lowest BCUT2D eigenvalue weighted by Crippen LogP contribution is -2.43. The van der Waals surface area contributed by atoms with Crippen LogP contribution in [0, 0.1) is 0 Å². The Kier molecular flexibility index (Phi) is 11.2. The number of carbonyl (C=O) groups is 2. The van der Waals surface area contributed by atoms with Crippen molar-refractivity contribution in [2.24, 2.45) is 5.73 Å². The van der Waals surface area contributed by atoms with Crippen molar-refractivity contribution in [2.75, 3.05) is 30.9 Å². The maximum Gasteiger partial charge on any atom is 0.412 e. The lowest BCUT2D eigenvalue weighted by Gasteiger charge is -2.35. The van der Waals surface area contributed by atoms with Crippen molar-refractivity contribution in [1.82, 2.24) is 4.90 Å². The Labute approximate surface area is 249 Å². The fourth-order valence-corrected chi connectivity index (χ4v) is 5.45. The number of carbonyl (C=O) groups excluding carboxylic acids is 2. The summed E-state index contributed by atoms with van der Waals surface area (Å²) >= 11 is 0. The highest BCUT2D eigenvalue weighted by molar-refractivity contribution is 5.91. The first-order valence-electron chi connectivity index (χ1n) is 14.9. The Morgan fingerprint density at radius 2 is 1.64 bits per heavy atom. The number of rotatable bonds is 11. The lowest BCUT2D eigenvalue weighted by atomic mass is 9.90. The second-order valence-electron chi connectivity index (χ2n) is 11.1. The van der Waals surface area contributed by atoms with Crippen molar-refractivity contribution in [3.05, 3.63) is 83.9 Å². The molecular weight excluding hydrogens is 528 g/mol. The Hall–Kier alpha value is -4.04. The largest absolute Gasteiger partial charge is 0.453 e. The van der Waals surface area contributed by atoms with Crippen LogP contribution < -0.4 is 16.0 Å². The number of amides is 2. The number of benzene rings is 3. The molecule has 0 heterocycles. The van der Waals surface area contributed by atoms with E-state index < -0.39 is 6.09 Å². The summed E-state index contributed by atoms with van der Waals surface area (Å²) in [5.41, 5.74) is 11.6. The van der Waals surface area contributed by atoms with E-state index in [1.807, 2.05) is 72.6 Å². The van der Waals surface area contributed by atoms with Gasteiger partial charge in [-0.25, -0.2) is 9.59 Å². The maximum absolute atomic E-state index is 12.9. The van der Waals surface area contributed by atoms with E-state index >= 15 is 0 Å². The SMILES string of the molecule is CCCCN(C)c1ccc(-c2cccc(CN(C(=O)OC)C3CCC(N)CC3)c2)cc1NC(=O)OCc1ccccc1. The average Bonchev–Trinajstić information content (AvgIpc) is 3.02. The van der Waals surface area contributed by atoms with E-state index in [1.54, 1.807) is 0 Å². The Bertz CT molecular complexity index is 1310. The average molecular weight is 573 g/mol. The second kappa shape index (κ2) is 15.3. The molecule has 3 aromatic carbocycles. The highest BCUT2D eigenvalue weighted by Gasteiger charge is 2.28. The van der Waals surface area contributed by atoms with Crippen molar-refractivity contribution in [3.63, 3.8) is 0 Å². The van der Waals surface area contributed by atoms with Gasteiger partial charge in [-0.3, -0.25) is 5.32 Å². The van der Waals surface area contributed by atoms with E-state index in [2.05, 4.69) is 29.3 Å². The number of hydrogen-bond acceptors (Lipinski definition) is 6. The fourth-order valence-electron chi connectivity index (χ4n) is 5.45. The van der Waals surface area contributed by atoms with Crippen LogP contribution in [0.4, 0.5) is 21.0 Å². The van der Waals surface area contributed by atoms with Crippen LogP contribution in [0.15, 0.2) is 72.8 Å². The summed E-state index contributed by atoms with van der Waals surface area (Å²) in [6.07, 6.45) is 4.85. The summed E-state index contributed by atoms with van der Waals surface area (Å²) in [7, 11) is 3.46. The Balaban J connectivity index is 1.55. The molecule has 1 fully saturated rings. The molecule has 8 nitrogen and oxygen atoms in total. The molecule has 0 aromatic heterocycles. The Morgan fingerprint density at radius 3 is 2.36 bits per heavy atom. The molecule has 224 valence electrons. The van der Waals surface area contributed by atoms with Gasteiger partial charge in [0.2, 0.25) is 0 Å². The number of ether oxygens (including phenoxy) is 2. The molecule has 0 bridgehead atoms. The molecular formula is C34H44N4O4. The van der Waals surface area contributed by atoms with Gasteiger partial charge in [0.05, 0.1) is 18.5 Å². The highest BCUT2D eigenvalue weighted by atomic mass is 16.5. The first-order valence-corrected chi connectivity index (χ1v) is 14.9. The van der Waals surface area contributed by atoms with Gasteiger partial charge < -0.3 is 25.0 Å². The van der Waals surface area contributed by atoms with Crippen LogP contribution in [0.5, 0.6) is 0 Å². The molecule has 0 radical (unpaired) electrons. The fraction of sp³-hybridized carbons (Fsp3) is 0.412. The van der Waals surface area contributed by atoms with E-state index in [-0.39, 0.29) is 24.8 Å². The first kappa shape index (κ1) is 30.9. The van der Waals surface area contributed by atoms with E-state index in [4.69, 9.17) is 15.2 Å². The first-order chi connectivity index (χ1) is 20.4. The minimum absolute atomic E-state index is 0.108. The van der Waals surface area contributed by atoms with Crippen LogP contribution in [-0.4, -0.2) is 49.9 Å². The van der Waals surface area contributed by atoms with Crippen molar-refractivity contribution in [1.29, 1.82) is 0 Å². The minimum Gasteiger partial charge on any atom is -0.453 e. The van der Waals surface area contributed by atoms with E-state index in [1.165, 1.54) is 7.11 Å². The highest BCUT2D eigenvalue weighted by Crippen LogP contribution is 2.33. The normalized spacial score (nSPS) is 16.4. The summed E-state index contributed by atoms with van der Waals surface area (Å²) in [5, 5.41) is 2.98. The molecule has 0 atom stereocenters. The van der Waals surface area contributed by atoms with Gasteiger partial charge in [0.15, 0.2) is 0 Å². The molecule has 0 saturated heterocycles. The number of nitrogens with two attached hydrogens (primary N) is 1. The van der Waals surface area contributed by atoms with Crippen LogP contribution in [0.2, 0.25) is 0 Å². The van der Waals surface area contributed by atoms with Crippen LogP contribution in [0.1, 0.15) is 56.6 Å². The zero-order chi connectivity index (χ0) is 29.9. The van der Waals surface area contributed by atoms with Gasteiger partial charge in [0.25, 0.3) is 0 Å². The minimum atomic E-state index is -0.504. The third-order valence-corrected chi connectivity index (χ3v) is 7.91. The van der Waals surface area contributed by atoms with Crippen LogP contribution >= 0.6 is 0 Å². The van der Waals surface area contributed by atoms with Crippen LogP contribution in [0.3, 0.4) is 0 Å². The molecule has 3 N–H and O–H groups in total. The number of methoxy groups -OCH3 is 1. The maximum atomic E-state index is 12.9. The number of hydrogen-bond donors (Lipinski definition) is 2. The topological polar surface area (TPSA) is 97.1 Å². The van der Waals surface area contributed by atoms with Crippen LogP contribution in [0.25, 0.3) is 11.1 Å². The van der Waals surface area contributed by atoms with Gasteiger partial charge in [-0.2, -0.15) is 0 Å². The number of nitrogens with one attached hydrogen (secondary N) is 1. The molecule has 2 amide bonds. The van der Waals surface area contributed by atoms with Crippen molar-refractivity contribution in [3.8, 4) is 11.1 Å². The molecule has 3 aromatic rings. The van der Waals surface area contributed by atoms with Crippen molar-refractivity contribution >= 4 is 23.6 Å². The molecule has 0 aliphatic heterocycles. The lowest BCUT2D eigenvalue weighted by molar-refractivity contribution is 0.0879. The zero-order valence-corrected chi connectivity index (χ0v) is 25.1. The van der Waals surface area contributed by atoms with Gasteiger partial charge in [0, 0.05) is 32.2 Å². The molecule has 1 aliphatic carbocycles. The van der Waals surface area contributed by atoms with Crippen LogP contribution in [-0.2, 0) is 22.6 Å². The predicted molar refractivity (Wildman–Crippen MR) is 168 cm³/mol. The zero-order valence-electron chi connectivity index (χ0n) is 25.1. The predicted octanol–water partition coefficient (Wildman–Crippen LogP) is 7.18. The summed E-state index contributed by atoms with van der Waals surface area (Å²) in [4.78, 5) is 29.6. The number of anilines is 2. The van der Waals surface area contributed by atoms with Gasteiger partial charge in [0.1, 0.15) is 6.61 Å². The third kappa shape index (κ3) is 8.49. The summed E-state index contributed by atoms with van der Waals surface area (Å²) < 4.78 is 10.7. The monoisotopic (exact) mass is 572 g/mol. The third-order valence-electron chi connectivity index (χ3n) is 7.91. The number of unbranched alkanes of at least 4 members (excludes halogenated alkanes) is 1. The van der Waals surface area contributed by atoms with Gasteiger partial charge in [-0.1, -0.05) is 67.9 Å². The summed E-state index contributed by atoms with van der Waals surface area (Å²) in [5.74, 6) is 0. The molecule has 4 rings (SSSR count). The molecule has 1 saturated carbocycles. The summed E-state index contributed by atoms with van der Waals surface area (Å²) in [6.45, 7) is 3.68. The van der Waals surface area contributed by atoms with E-state index in [0.717, 1.165) is 73.0 Å². The van der Waals surface area contributed by atoms with Gasteiger partial charge in [-0.15, -0.1) is 0 Å². The van der Waals surface area contributed by atoms with Gasteiger partial charge >= 0.3 is 12.2 Å². The molecule has 8 heteroatoms. The molecule has 0 unspecified atom stereocenters. The van der Waals surface area contributed by atoms with Crippen molar-refractivity contribution < 1.29 is 19.1 Å². The smallest absolute Gasteiger partial charge is 0.412 e. The number of nitrogens with zero attached hydrogens (tertiary/aromatic N) is 2. The molecule has 0 spiro atoms. The van der Waals surface area contributed by atoms with Crippen molar-refractivity contribution in [2.45, 2.75) is 70.7 Å². The quantitative estimate of drug-likeness (QED) is 0.253. The standard InChI is InChI=1S/C34H44N4O4/c1-4-5-20-37(2)32-19-14-28(22-31(32)36-33(39)42-24-25-10-7-6-8-11-25)27-13-9-12-26(21-27)23-38(34(40)41-3)30-17-15-29(35)16-18-30/h6-14,19,21-22,29-30H,4-5,15-18,20,23-24,35H2,1-3H3,(H,36,39). The van der Waals surface area contributed by atoms with E-state index in [9.17, 15) is 9.59 Å². The second-order valence-corrected chi connectivity index (χ2v) is 11.1. The molecule has 1 aliphatic rings. The summed E-state index contributed by atoms with van der Waals surface area (Å²) in [6, 6.07) is 24.2. The van der Waals surface area contributed by atoms with E-state index in [0.29, 0.717) is 12.2 Å². The van der Waals surface area contributed by atoms with Gasteiger partial charge in [-0.05, 0) is 72.6 Å².